The van der Waals surface area contributed by atoms with Crippen LogP contribution in [0.1, 0.15) is 78.6 Å². The predicted molar refractivity (Wildman–Crippen MR) is 124 cm³/mol. The van der Waals surface area contributed by atoms with Crippen molar-refractivity contribution in [1.82, 2.24) is 5.32 Å². The number of aliphatic hydroxyl groups excluding tert-OH is 3. The Bertz CT molecular complexity index is 768. The van der Waals surface area contributed by atoms with Gasteiger partial charge in [-0.2, -0.15) is 0 Å². The van der Waals surface area contributed by atoms with E-state index in [4.69, 9.17) is 0 Å². The third kappa shape index (κ3) is 5.50. The van der Waals surface area contributed by atoms with E-state index in [1.165, 1.54) is 0 Å². The SMILES string of the molecule is C[C@H](CCC(=O)NCC(=O)[O-])[C@H]1CC[C@H]2[C@@H]3[C@H](O)C[C@@H]4C[C@H](O)CC[C@]4(C)[C@@H]3C[C@H](O)[C@]12C.O.[Na+]. The molecule has 4 aliphatic rings. The van der Waals surface area contributed by atoms with E-state index in [1.807, 2.05) is 0 Å². The first-order valence-corrected chi connectivity index (χ1v) is 13.0. The first-order valence-electron chi connectivity index (χ1n) is 13.0. The smallest absolute Gasteiger partial charge is 0.548 e. The van der Waals surface area contributed by atoms with Gasteiger partial charge in [0.25, 0.3) is 0 Å². The molecule has 0 spiro atoms. The van der Waals surface area contributed by atoms with Gasteiger partial charge in [0.2, 0.25) is 5.91 Å². The van der Waals surface area contributed by atoms with Gasteiger partial charge in [-0.05, 0) is 97.7 Å². The Kier molecular flexibility index (Phi) is 10.3. The first-order chi connectivity index (χ1) is 15.5. The van der Waals surface area contributed by atoms with Gasteiger partial charge in [0.15, 0.2) is 0 Å². The molecule has 0 unspecified atom stereocenters. The Labute approximate surface area is 231 Å². The quantitative estimate of drug-likeness (QED) is 0.290. The molecule has 0 radical (unpaired) electrons. The van der Waals surface area contributed by atoms with Crippen LogP contribution < -0.4 is 40.0 Å². The van der Waals surface area contributed by atoms with E-state index < -0.39 is 18.6 Å². The molecule has 4 saturated carbocycles. The maximum Gasteiger partial charge on any atom is 1.00 e. The second kappa shape index (κ2) is 11.7. The van der Waals surface area contributed by atoms with Crippen molar-refractivity contribution in [3.8, 4) is 0 Å². The van der Waals surface area contributed by atoms with Gasteiger partial charge in [-0.3, -0.25) is 4.79 Å². The van der Waals surface area contributed by atoms with Crippen molar-refractivity contribution in [3.05, 3.63) is 0 Å². The average Bonchev–Trinajstić information content (AvgIpc) is 3.11. The summed E-state index contributed by atoms with van der Waals surface area (Å²) >= 11 is 0. The van der Waals surface area contributed by atoms with Crippen LogP contribution >= 0.6 is 0 Å². The molecule has 0 saturated heterocycles. The number of aliphatic carboxylic acids is 1. The molecule has 196 valence electrons. The van der Waals surface area contributed by atoms with E-state index in [-0.39, 0.29) is 100.0 Å². The molecule has 0 aromatic carbocycles. The molecule has 0 aliphatic heterocycles. The van der Waals surface area contributed by atoms with E-state index in [0.717, 1.165) is 38.5 Å². The fourth-order valence-electron chi connectivity index (χ4n) is 8.95. The topological polar surface area (TPSA) is 161 Å². The van der Waals surface area contributed by atoms with Crippen LogP contribution in [0.3, 0.4) is 0 Å². The van der Waals surface area contributed by atoms with Gasteiger partial charge in [0.05, 0.1) is 30.8 Å². The Morgan fingerprint density at radius 3 is 2.40 bits per heavy atom. The van der Waals surface area contributed by atoms with Gasteiger partial charge in [-0.15, -0.1) is 0 Å². The fourth-order valence-corrected chi connectivity index (χ4v) is 8.95. The fraction of sp³-hybridized carbons (Fsp3) is 0.923. The minimum absolute atomic E-state index is 0. The summed E-state index contributed by atoms with van der Waals surface area (Å²) in [5.41, 5.74) is -0.230. The number of amides is 1. The van der Waals surface area contributed by atoms with Gasteiger partial charge in [-0.1, -0.05) is 20.8 Å². The average molecular weight is 506 g/mol. The molecule has 0 bridgehead atoms. The molecule has 8 nitrogen and oxygen atoms in total. The summed E-state index contributed by atoms with van der Waals surface area (Å²) in [6.45, 7) is 6.21. The maximum atomic E-state index is 12.0. The number of hydrogen-bond donors (Lipinski definition) is 4. The van der Waals surface area contributed by atoms with Crippen LogP contribution in [-0.4, -0.2) is 57.5 Å². The van der Waals surface area contributed by atoms with Crippen LogP contribution in [0.25, 0.3) is 0 Å². The minimum Gasteiger partial charge on any atom is -0.548 e. The Hall–Kier alpha value is -0.220. The molecule has 4 rings (SSSR count). The van der Waals surface area contributed by atoms with Crippen molar-refractivity contribution >= 4 is 11.9 Å². The van der Waals surface area contributed by atoms with E-state index >= 15 is 0 Å². The maximum absolute atomic E-state index is 12.0. The zero-order valence-corrected chi connectivity index (χ0v) is 23.8. The van der Waals surface area contributed by atoms with E-state index in [0.29, 0.717) is 18.8 Å². The van der Waals surface area contributed by atoms with Crippen LogP contribution in [0, 0.1) is 46.3 Å². The molecular formula is C26H44NNaO7. The predicted octanol–water partition coefficient (Wildman–Crippen LogP) is -2.59. The number of carboxylic acids is 1. The molecule has 9 heteroatoms. The van der Waals surface area contributed by atoms with Crippen LogP contribution in [0.2, 0.25) is 0 Å². The van der Waals surface area contributed by atoms with E-state index in [9.17, 15) is 30.0 Å². The zero-order chi connectivity index (χ0) is 24.1. The standard InChI is InChI=1S/C26H43NO6.Na.H2O/c1-14(4-7-22(31)27-13-23(32)33)17-5-6-18-24-19(12-21(30)26(17,18)3)25(2)9-8-16(28)10-15(25)11-20(24)29;;/h14-21,24,28-30H,4-13H2,1-3H3,(H,27,31)(H,32,33);;1H2/q;+1;/p-1/t14-,15+,16-,17-,18+,19-,20-,21+,24+,25+,26-;;/m1../s1. The number of aliphatic hydroxyl groups is 3. The molecule has 0 aromatic rings. The Balaban J connectivity index is 0.00000216. The van der Waals surface area contributed by atoms with Crippen molar-refractivity contribution in [2.75, 3.05) is 6.54 Å². The summed E-state index contributed by atoms with van der Waals surface area (Å²) < 4.78 is 0. The molecule has 35 heavy (non-hydrogen) atoms. The third-order valence-electron chi connectivity index (χ3n) is 10.8. The second-order valence-electron chi connectivity index (χ2n) is 12.2. The third-order valence-corrected chi connectivity index (χ3v) is 10.8. The van der Waals surface area contributed by atoms with Crippen LogP contribution in [0.15, 0.2) is 0 Å². The molecular weight excluding hydrogens is 461 g/mol. The molecule has 6 N–H and O–H groups in total. The van der Waals surface area contributed by atoms with Crippen LogP contribution in [-0.2, 0) is 9.59 Å². The molecule has 1 amide bonds. The zero-order valence-electron chi connectivity index (χ0n) is 21.8. The summed E-state index contributed by atoms with van der Waals surface area (Å²) in [5, 5.41) is 46.1. The van der Waals surface area contributed by atoms with Crippen LogP contribution in [0.4, 0.5) is 0 Å². The van der Waals surface area contributed by atoms with Crippen LogP contribution in [0.5, 0.6) is 0 Å². The van der Waals surface area contributed by atoms with E-state index in [2.05, 4.69) is 26.1 Å². The summed E-state index contributed by atoms with van der Waals surface area (Å²) in [6.07, 6.45) is 5.75. The Morgan fingerprint density at radius 2 is 1.74 bits per heavy atom. The molecule has 4 fully saturated rings. The molecule has 0 heterocycles. The van der Waals surface area contributed by atoms with Crippen molar-refractivity contribution < 1.29 is 65.0 Å². The summed E-state index contributed by atoms with van der Waals surface area (Å²) in [7, 11) is 0. The van der Waals surface area contributed by atoms with Gasteiger partial charge in [-0.25, -0.2) is 0 Å². The van der Waals surface area contributed by atoms with Crippen molar-refractivity contribution in [1.29, 1.82) is 0 Å². The first kappa shape index (κ1) is 31.0. The summed E-state index contributed by atoms with van der Waals surface area (Å²) in [6, 6.07) is 0. The van der Waals surface area contributed by atoms with E-state index in [1.54, 1.807) is 0 Å². The molecule has 0 aromatic heterocycles. The number of carbonyl (C=O) groups is 2. The monoisotopic (exact) mass is 505 g/mol. The van der Waals surface area contributed by atoms with Crippen molar-refractivity contribution in [2.45, 2.75) is 96.9 Å². The molecule has 4 aliphatic carbocycles. The van der Waals surface area contributed by atoms with Gasteiger partial charge in [0, 0.05) is 6.42 Å². The number of nitrogens with one attached hydrogen (secondary N) is 1. The number of rotatable bonds is 6. The van der Waals surface area contributed by atoms with Gasteiger partial charge >= 0.3 is 29.6 Å². The largest absolute Gasteiger partial charge is 1.00 e. The van der Waals surface area contributed by atoms with Crippen molar-refractivity contribution in [3.63, 3.8) is 0 Å². The minimum atomic E-state index is -1.29. The normalized spacial score (nSPS) is 45.0. The Morgan fingerprint density at radius 1 is 1.06 bits per heavy atom. The van der Waals surface area contributed by atoms with Gasteiger partial charge in [0.1, 0.15) is 0 Å². The van der Waals surface area contributed by atoms with Gasteiger partial charge < -0.3 is 36.0 Å². The number of fused-ring (bicyclic) bond motifs is 5. The summed E-state index contributed by atoms with van der Waals surface area (Å²) in [4.78, 5) is 22.6. The second-order valence-corrected chi connectivity index (χ2v) is 12.2. The number of carboxylic acid groups (broad SMARTS) is 1. The van der Waals surface area contributed by atoms with Crippen molar-refractivity contribution in [2.24, 2.45) is 46.3 Å². The molecule has 11 atom stereocenters. The number of carbonyl (C=O) groups excluding carboxylic acids is 2. The summed E-state index contributed by atoms with van der Waals surface area (Å²) in [5.74, 6) is -0.0789. The number of hydrogen-bond acceptors (Lipinski definition) is 6.